The molecule has 0 aromatic heterocycles. The van der Waals surface area contributed by atoms with Gasteiger partial charge in [0.05, 0.1) is 12.3 Å². The number of benzene rings is 1. The normalized spacial score (nSPS) is 12.6. The smallest absolute Gasteiger partial charge is 0.232 e. The Labute approximate surface area is 126 Å². The summed E-state index contributed by atoms with van der Waals surface area (Å²) in [6.07, 6.45) is 0. The molecular formula is C14H23N3O3S. The van der Waals surface area contributed by atoms with Crippen molar-refractivity contribution in [2.45, 2.75) is 27.3 Å². The van der Waals surface area contributed by atoms with E-state index in [-0.39, 0.29) is 18.8 Å². The molecule has 1 rings (SSSR count). The van der Waals surface area contributed by atoms with E-state index >= 15 is 0 Å². The minimum atomic E-state index is -3.61. The number of amides is 1. The fraction of sp³-hybridized carbons (Fsp3) is 0.500. The number of primary amides is 1. The Morgan fingerprint density at radius 1 is 1.24 bits per heavy atom. The van der Waals surface area contributed by atoms with E-state index in [0.717, 1.165) is 4.31 Å². The molecule has 0 radical (unpaired) electrons. The molecule has 1 aromatic rings. The van der Waals surface area contributed by atoms with Crippen LogP contribution >= 0.6 is 0 Å². The van der Waals surface area contributed by atoms with Gasteiger partial charge in [-0.3, -0.25) is 4.79 Å². The highest BCUT2D eigenvalue weighted by atomic mass is 32.2. The lowest BCUT2D eigenvalue weighted by Crippen LogP contribution is -2.41. The van der Waals surface area contributed by atoms with Crippen molar-refractivity contribution in [2.75, 3.05) is 18.0 Å². The Bertz CT molecular complexity index is 606. The van der Waals surface area contributed by atoms with Crippen molar-refractivity contribution in [1.29, 1.82) is 0 Å². The highest BCUT2D eigenvalue weighted by molar-refractivity contribution is 7.89. The number of carbonyl (C=O) groups is 1. The SMILES string of the molecule is CC(C)(C)CS(=O)(=O)N(CC(N)=O)Cc1ccccc1N. The van der Waals surface area contributed by atoms with Gasteiger partial charge in [0.1, 0.15) is 0 Å². The van der Waals surface area contributed by atoms with Gasteiger partial charge >= 0.3 is 0 Å². The fourth-order valence-corrected chi connectivity index (χ4v) is 3.87. The van der Waals surface area contributed by atoms with Gasteiger partial charge in [-0.05, 0) is 17.0 Å². The molecule has 4 N–H and O–H groups in total. The molecule has 0 aliphatic carbocycles. The number of sulfonamides is 1. The third-order valence-electron chi connectivity index (χ3n) is 2.74. The molecule has 21 heavy (non-hydrogen) atoms. The molecule has 0 unspecified atom stereocenters. The first kappa shape index (κ1) is 17.5. The molecule has 1 amide bonds. The van der Waals surface area contributed by atoms with Crippen LogP contribution in [0.15, 0.2) is 24.3 Å². The molecule has 0 saturated carbocycles. The molecule has 1 aromatic carbocycles. The van der Waals surface area contributed by atoms with E-state index in [9.17, 15) is 13.2 Å². The average Bonchev–Trinajstić information content (AvgIpc) is 2.27. The van der Waals surface area contributed by atoms with Crippen molar-refractivity contribution in [3.8, 4) is 0 Å². The molecule has 0 aliphatic rings. The summed E-state index contributed by atoms with van der Waals surface area (Å²) >= 11 is 0. The summed E-state index contributed by atoms with van der Waals surface area (Å²) in [6, 6.07) is 6.95. The second-order valence-corrected chi connectivity index (χ2v) is 8.22. The van der Waals surface area contributed by atoms with E-state index in [1.807, 2.05) is 20.8 Å². The van der Waals surface area contributed by atoms with Crippen molar-refractivity contribution >= 4 is 21.6 Å². The second kappa shape index (κ2) is 6.44. The summed E-state index contributed by atoms with van der Waals surface area (Å²) in [6.45, 7) is 5.15. The van der Waals surface area contributed by atoms with Gasteiger partial charge in [0.15, 0.2) is 0 Å². The van der Waals surface area contributed by atoms with Gasteiger partial charge in [0, 0.05) is 12.2 Å². The Morgan fingerprint density at radius 3 is 2.29 bits per heavy atom. The van der Waals surface area contributed by atoms with E-state index in [1.54, 1.807) is 24.3 Å². The number of nitrogens with zero attached hydrogens (tertiary/aromatic N) is 1. The van der Waals surface area contributed by atoms with E-state index in [2.05, 4.69) is 0 Å². The van der Waals surface area contributed by atoms with E-state index in [0.29, 0.717) is 11.3 Å². The third-order valence-corrected chi connectivity index (χ3v) is 5.02. The zero-order chi connectivity index (χ0) is 16.3. The van der Waals surface area contributed by atoms with Crippen LogP contribution in [0.2, 0.25) is 0 Å². The monoisotopic (exact) mass is 313 g/mol. The third kappa shape index (κ3) is 5.73. The number of carbonyl (C=O) groups excluding carboxylic acids is 1. The Kier molecular flexibility index (Phi) is 5.36. The number of rotatable bonds is 6. The van der Waals surface area contributed by atoms with E-state index in [1.165, 1.54) is 0 Å². The largest absolute Gasteiger partial charge is 0.398 e. The summed E-state index contributed by atoms with van der Waals surface area (Å²) in [4.78, 5) is 11.2. The van der Waals surface area contributed by atoms with Crippen molar-refractivity contribution in [3.63, 3.8) is 0 Å². The molecule has 0 heterocycles. The minimum Gasteiger partial charge on any atom is -0.398 e. The van der Waals surface area contributed by atoms with E-state index < -0.39 is 21.3 Å². The zero-order valence-electron chi connectivity index (χ0n) is 12.7. The van der Waals surface area contributed by atoms with Gasteiger partial charge < -0.3 is 11.5 Å². The predicted octanol–water partition coefficient (Wildman–Crippen LogP) is 0.932. The standard InChI is InChI=1S/C14H23N3O3S/c1-14(2,3)10-21(19,20)17(9-13(16)18)8-11-6-4-5-7-12(11)15/h4-7H,8-10,15H2,1-3H3,(H2,16,18). The molecule has 0 fully saturated rings. The number of para-hydroxylation sites is 1. The maximum atomic E-state index is 12.5. The van der Waals surface area contributed by atoms with Crippen LogP contribution in [0.25, 0.3) is 0 Å². The van der Waals surface area contributed by atoms with Crippen LogP contribution in [-0.2, 0) is 21.4 Å². The molecule has 0 atom stereocenters. The molecular weight excluding hydrogens is 290 g/mol. The predicted molar refractivity (Wildman–Crippen MR) is 83.7 cm³/mol. The van der Waals surface area contributed by atoms with Crippen LogP contribution < -0.4 is 11.5 Å². The van der Waals surface area contributed by atoms with Crippen LogP contribution in [-0.4, -0.2) is 30.9 Å². The zero-order valence-corrected chi connectivity index (χ0v) is 13.5. The van der Waals surface area contributed by atoms with Gasteiger partial charge in [0.25, 0.3) is 0 Å². The Hall–Kier alpha value is -1.60. The average molecular weight is 313 g/mol. The Balaban J connectivity index is 3.06. The maximum absolute atomic E-state index is 12.5. The lowest BCUT2D eigenvalue weighted by atomic mass is 10.0. The Morgan fingerprint density at radius 2 is 1.81 bits per heavy atom. The van der Waals surface area contributed by atoms with Gasteiger partial charge in [-0.2, -0.15) is 4.31 Å². The maximum Gasteiger partial charge on any atom is 0.232 e. The minimum absolute atomic E-state index is 0.0357. The topological polar surface area (TPSA) is 106 Å². The molecule has 0 saturated heterocycles. The van der Waals surface area contributed by atoms with Crippen LogP contribution in [0.3, 0.4) is 0 Å². The van der Waals surface area contributed by atoms with Crippen molar-refractivity contribution < 1.29 is 13.2 Å². The fourth-order valence-electron chi connectivity index (χ4n) is 1.93. The van der Waals surface area contributed by atoms with Crippen LogP contribution in [0.4, 0.5) is 5.69 Å². The number of anilines is 1. The van der Waals surface area contributed by atoms with Crippen LogP contribution in [0.1, 0.15) is 26.3 Å². The highest BCUT2D eigenvalue weighted by Gasteiger charge is 2.29. The summed E-state index contributed by atoms with van der Waals surface area (Å²) in [5.74, 6) is -0.762. The highest BCUT2D eigenvalue weighted by Crippen LogP contribution is 2.21. The number of nitrogens with two attached hydrogens (primary N) is 2. The van der Waals surface area contributed by atoms with E-state index in [4.69, 9.17) is 11.5 Å². The first-order chi connectivity index (χ1) is 9.51. The quantitative estimate of drug-likeness (QED) is 0.762. The number of nitrogen functional groups attached to an aromatic ring is 1. The van der Waals surface area contributed by atoms with Gasteiger partial charge in [0.2, 0.25) is 15.9 Å². The first-order valence-corrected chi connectivity index (χ1v) is 8.22. The second-order valence-electron chi connectivity index (χ2n) is 6.25. The molecule has 0 aliphatic heterocycles. The number of hydrogen-bond donors (Lipinski definition) is 2. The molecule has 6 nitrogen and oxygen atoms in total. The van der Waals surface area contributed by atoms with Crippen molar-refractivity contribution in [3.05, 3.63) is 29.8 Å². The summed E-state index contributed by atoms with van der Waals surface area (Å²) < 4.78 is 26.0. The number of hydrogen-bond acceptors (Lipinski definition) is 4. The summed E-state index contributed by atoms with van der Waals surface area (Å²) in [5, 5.41) is 0. The van der Waals surface area contributed by atoms with Gasteiger partial charge in [-0.25, -0.2) is 8.42 Å². The first-order valence-electron chi connectivity index (χ1n) is 6.61. The molecule has 118 valence electrons. The van der Waals surface area contributed by atoms with Gasteiger partial charge in [-0.1, -0.05) is 39.0 Å². The lowest BCUT2D eigenvalue weighted by molar-refractivity contribution is -0.118. The molecule has 0 bridgehead atoms. The van der Waals surface area contributed by atoms with Crippen LogP contribution in [0, 0.1) is 5.41 Å². The molecule has 0 spiro atoms. The summed E-state index contributed by atoms with van der Waals surface area (Å²) in [7, 11) is -3.61. The molecule has 7 heteroatoms. The van der Waals surface area contributed by atoms with Crippen molar-refractivity contribution in [1.82, 2.24) is 4.31 Å². The summed E-state index contributed by atoms with van der Waals surface area (Å²) in [5.41, 5.74) is 11.7. The van der Waals surface area contributed by atoms with Crippen LogP contribution in [0.5, 0.6) is 0 Å². The van der Waals surface area contributed by atoms with Crippen molar-refractivity contribution in [2.24, 2.45) is 11.1 Å². The lowest BCUT2D eigenvalue weighted by Gasteiger charge is -2.26. The van der Waals surface area contributed by atoms with Gasteiger partial charge in [-0.15, -0.1) is 0 Å².